The summed E-state index contributed by atoms with van der Waals surface area (Å²) in [5.74, 6) is 0. The molecular formula is C15H18BrN3. The average molecular weight is 320 g/mol. The van der Waals surface area contributed by atoms with E-state index >= 15 is 0 Å². The van der Waals surface area contributed by atoms with Gasteiger partial charge in [-0.15, -0.1) is 0 Å². The number of benzene rings is 1. The molecule has 0 radical (unpaired) electrons. The number of hydrogen-bond acceptors (Lipinski definition) is 3. The Morgan fingerprint density at radius 1 is 1.32 bits per heavy atom. The highest BCUT2D eigenvalue weighted by Crippen LogP contribution is 2.27. The third-order valence-corrected chi connectivity index (χ3v) is 4.19. The molecule has 0 aliphatic heterocycles. The van der Waals surface area contributed by atoms with Crippen LogP contribution in [0.5, 0.6) is 0 Å². The second-order valence-corrected chi connectivity index (χ2v) is 6.21. The minimum absolute atomic E-state index is 0.336. The van der Waals surface area contributed by atoms with E-state index in [1.807, 2.05) is 6.20 Å². The van der Waals surface area contributed by atoms with E-state index in [1.54, 1.807) is 0 Å². The van der Waals surface area contributed by atoms with Crippen LogP contribution in [0.15, 0.2) is 34.9 Å². The summed E-state index contributed by atoms with van der Waals surface area (Å²) in [5, 5.41) is 4.77. The van der Waals surface area contributed by atoms with Crippen molar-refractivity contribution < 1.29 is 0 Å². The van der Waals surface area contributed by atoms with Gasteiger partial charge in [-0.05, 0) is 53.7 Å². The molecule has 0 saturated heterocycles. The summed E-state index contributed by atoms with van der Waals surface area (Å²) in [6.45, 7) is 0. The molecule has 1 saturated carbocycles. The normalized spacial score (nSPS) is 23.5. The number of halogens is 1. The number of nitrogens with one attached hydrogen (secondary N) is 1. The first-order chi connectivity index (χ1) is 9.22. The van der Waals surface area contributed by atoms with E-state index in [2.05, 4.69) is 50.5 Å². The highest BCUT2D eigenvalue weighted by Gasteiger charge is 2.19. The predicted octanol–water partition coefficient (Wildman–Crippen LogP) is 3.68. The molecule has 4 heteroatoms. The van der Waals surface area contributed by atoms with Crippen molar-refractivity contribution in [1.82, 2.24) is 4.98 Å². The van der Waals surface area contributed by atoms with Crippen LogP contribution in [0.2, 0.25) is 0 Å². The zero-order chi connectivity index (χ0) is 13.2. The second kappa shape index (κ2) is 5.47. The van der Waals surface area contributed by atoms with Crippen molar-refractivity contribution >= 4 is 32.5 Å². The minimum atomic E-state index is 0.336. The van der Waals surface area contributed by atoms with Crippen LogP contribution in [-0.4, -0.2) is 17.1 Å². The van der Waals surface area contributed by atoms with E-state index in [0.717, 1.165) is 33.9 Å². The summed E-state index contributed by atoms with van der Waals surface area (Å²) in [6, 6.07) is 9.17. The van der Waals surface area contributed by atoms with Crippen LogP contribution in [-0.2, 0) is 0 Å². The molecule has 1 aliphatic carbocycles. The Morgan fingerprint density at radius 3 is 3.05 bits per heavy atom. The standard InChI is InChI=1S/C15H18BrN3/c16-11-7-10-3-1-6-14(15(10)18-9-11)19-13-5-2-4-12(17)8-13/h1,3,6-7,9,12-13,19H,2,4-5,8,17H2. The maximum atomic E-state index is 6.05. The average Bonchev–Trinajstić information content (AvgIpc) is 2.38. The van der Waals surface area contributed by atoms with Crippen LogP contribution >= 0.6 is 15.9 Å². The van der Waals surface area contributed by atoms with Gasteiger partial charge in [-0.2, -0.15) is 0 Å². The quantitative estimate of drug-likeness (QED) is 0.887. The van der Waals surface area contributed by atoms with Crippen molar-refractivity contribution in [3.8, 4) is 0 Å². The van der Waals surface area contributed by atoms with Gasteiger partial charge in [0.1, 0.15) is 0 Å². The number of pyridine rings is 1. The number of nitrogens with two attached hydrogens (primary N) is 1. The van der Waals surface area contributed by atoms with Gasteiger partial charge in [0, 0.05) is 28.1 Å². The Labute approximate surface area is 121 Å². The zero-order valence-electron chi connectivity index (χ0n) is 10.8. The lowest BCUT2D eigenvalue weighted by Gasteiger charge is -2.28. The number of fused-ring (bicyclic) bond motifs is 1. The number of hydrogen-bond donors (Lipinski definition) is 2. The first-order valence-corrected chi connectivity index (χ1v) is 7.58. The fourth-order valence-corrected chi connectivity index (χ4v) is 3.18. The van der Waals surface area contributed by atoms with E-state index in [-0.39, 0.29) is 0 Å². The minimum Gasteiger partial charge on any atom is -0.380 e. The number of rotatable bonds is 2. The lowest BCUT2D eigenvalue weighted by atomic mass is 9.91. The summed E-state index contributed by atoms with van der Waals surface area (Å²) >= 11 is 3.46. The molecule has 2 atom stereocenters. The monoisotopic (exact) mass is 319 g/mol. The van der Waals surface area contributed by atoms with Crippen molar-refractivity contribution in [3.63, 3.8) is 0 Å². The fourth-order valence-electron chi connectivity index (χ4n) is 2.83. The SMILES string of the molecule is NC1CCCC(Nc2cccc3cc(Br)cnc23)C1. The molecule has 2 unspecified atom stereocenters. The summed E-state index contributed by atoms with van der Waals surface area (Å²) in [5.41, 5.74) is 8.20. The maximum absolute atomic E-state index is 6.05. The molecule has 1 fully saturated rings. The summed E-state index contributed by atoms with van der Waals surface area (Å²) in [6.07, 6.45) is 6.45. The molecule has 3 N–H and O–H groups in total. The number of aromatic nitrogens is 1. The summed E-state index contributed by atoms with van der Waals surface area (Å²) in [7, 11) is 0. The van der Waals surface area contributed by atoms with Crippen molar-refractivity contribution in [1.29, 1.82) is 0 Å². The summed E-state index contributed by atoms with van der Waals surface area (Å²) < 4.78 is 1.01. The molecule has 0 bridgehead atoms. The lowest BCUT2D eigenvalue weighted by molar-refractivity contribution is 0.409. The number of para-hydroxylation sites is 1. The van der Waals surface area contributed by atoms with Crippen LogP contribution in [0.25, 0.3) is 10.9 Å². The third-order valence-electron chi connectivity index (χ3n) is 3.75. The molecule has 1 heterocycles. The van der Waals surface area contributed by atoms with Gasteiger partial charge in [0.2, 0.25) is 0 Å². The number of anilines is 1. The molecule has 1 aromatic heterocycles. The van der Waals surface area contributed by atoms with Crippen LogP contribution in [0.4, 0.5) is 5.69 Å². The molecule has 100 valence electrons. The van der Waals surface area contributed by atoms with Gasteiger partial charge in [-0.1, -0.05) is 12.1 Å². The van der Waals surface area contributed by atoms with E-state index in [4.69, 9.17) is 5.73 Å². The first-order valence-electron chi connectivity index (χ1n) is 6.79. The van der Waals surface area contributed by atoms with Crippen molar-refractivity contribution in [2.45, 2.75) is 37.8 Å². The van der Waals surface area contributed by atoms with Crippen LogP contribution < -0.4 is 11.1 Å². The second-order valence-electron chi connectivity index (χ2n) is 5.30. The third kappa shape index (κ3) is 2.90. The van der Waals surface area contributed by atoms with Crippen LogP contribution in [0.3, 0.4) is 0 Å². The van der Waals surface area contributed by atoms with E-state index in [1.165, 1.54) is 12.8 Å². The Balaban J connectivity index is 1.88. The molecule has 3 rings (SSSR count). The van der Waals surface area contributed by atoms with Gasteiger partial charge in [0.25, 0.3) is 0 Å². The lowest BCUT2D eigenvalue weighted by Crippen LogP contribution is -2.34. The maximum Gasteiger partial charge on any atom is 0.0934 e. The predicted molar refractivity (Wildman–Crippen MR) is 83.3 cm³/mol. The van der Waals surface area contributed by atoms with Crippen LogP contribution in [0.1, 0.15) is 25.7 Å². The Kier molecular flexibility index (Phi) is 3.71. The molecular weight excluding hydrogens is 302 g/mol. The van der Waals surface area contributed by atoms with Crippen molar-refractivity contribution in [3.05, 3.63) is 34.9 Å². The highest BCUT2D eigenvalue weighted by atomic mass is 79.9. The van der Waals surface area contributed by atoms with Gasteiger partial charge in [-0.25, -0.2) is 0 Å². The Hall–Kier alpha value is -1.13. The molecule has 1 aromatic carbocycles. The van der Waals surface area contributed by atoms with Crippen LogP contribution in [0, 0.1) is 0 Å². The van der Waals surface area contributed by atoms with E-state index < -0.39 is 0 Å². The smallest absolute Gasteiger partial charge is 0.0934 e. The molecule has 1 aliphatic rings. The molecule has 0 amide bonds. The summed E-state index contributed by atoms with van der Waals surface area (Å²) in [4.78, 5) is 4.52. The molecule has 3 nitrogen and oxygen atoms in total. The van der Waals surface area contributed by atoms with Crippen molar-refractivity contribution in [2.24, 2.45) is 5.73 Å². The molecule has 0 spiro atoms. The fraction of sp³-hybridized carbons (Fsp3) is 0.400. The number of nitrogens with zero attached hydrogens (tertiary/aromatic N) is 1. The van der Waals surface area contributed by atoms with Gasteiger partial charge < -0.3 is 11.1 Å². The van der Waals surface area contributed by atoms with Gasteiger partial charge >= 0.3 is 0 Å². The van der Waals surface area contributed by atoms with Gasteiger partial charge in [-0.3, -0.25) is 4.98 Å². The van der Waals surface area contributed by atoms with E-state index in [9.17, 15) is 0 Å². The van der Waals surface area contributed by atoms with Crippen molar-refractivity contribution in [2.75, 3.05) is 5.32 Å². The Bertz CT molecular complexity index is 585. The zero-order valence-corrected chi connectivity index (χ0v) is 12.4. The highest BCUT2D eigenvalue weighted by molar-refractivity contribution is 9.10. The van der Waals surface area contributed by atoms with Gasteiger partial charge in [0.05, 0.1) is 11.2 Å². The topological polar surface area (TPSA) is 50.9 Å². The molecule has 19 heavy (non-hydrogen) atoms. The largest absolute Gasteiger partial charge is 0.380 e. The van der Waals surface area contributed by atoms with E-state index in [0.29, 0.717) is 12.1 Å². The molecule has 2 aromatic rings. The first kappa shape index (κ1) is 12.9. The van der Waals surface area contributed by atoms with Gasteiger partial charge in [0.15, 0.2) is 0 Å². The Morgan fingerprint density at radius 2 is 2.21 bits per heavy atom.